The average Bonchev–Trinajstić information content (AvgIpc) is 2.36. The first-order valence-electron chi connectivity index (χ1n) is 6.68. The standard InChI is InChI=1S/C13H21BrF3NO/c1-8(7-14)9(2)18-12(19)10-4-3-5-11(6-10)13(15,16)17/h8-11H,3-7H2,1-2H3,(H,18,19). The van der Waals surface area contributed by atoms with E-state index in [2.05, 4.69) is 21.2 Å². The number of halogens is 4. The topological polar surface area (TPSA) is 29.1 Å². The van der Waals surface area contributed by atoms with E-state index in [0.717, 1.165) is 5.33 Å². The van der Waals surface area contributed by atoms with Gasteiger partial charge in [0.05, 0.1) is 5.92 Å². The molecule has 1 aliphatic rings. The van der Waals surface area contributed by atoms with Gasteiger partial charge in [0.15, 0.2) is 0 Å². The van der Waals surface area contributed by atoms with E-state index in [1.54, 1.807) is 0 Å². The van der Waals surface area contributed by atoms with Gasteiger partial charge in [-0.05, 0) is 32.1 Å². The molecule has 4 atom stereocenters. The summed E-state index contributed by atoms with van der Waals surface area (Å²) in [5.41, 5.74) is 0. The fourth-order valence-corrected chi connectivity index (χ4v) is 2.90. The summed E-state index contributed by atoms with van der Waals surface area (Å²) in [5, 5.41) is 3.59. The Morgan fingerprint density at radius 1 is 1.37 bits per heavy atom. The largest absolute Gasteiger partial charge is 0.391 e. The molecule has 19 heavy (non-hydrogen) atoms. The third kappa shape index (κ3) is 4.97. The summed E-state index contributed by atoms with van der Waals surface area (Å²) in [5.74, 6) is -1.79. The van der Waals surface area contributed by atoms with E-state index < -0.39 is 18.0 Å². The molecule has 1 amide bonds. The van der Waals surface area contributed by atoms with Crippen molar-refractivity contribution in [2.45, 2.75) is 51.7 Å². The van der Waals surface area contributed by atoms with Crippen LogP contribution in [-0.2, 0) is 4.79 Å². The minimum absolute atomic E-state index is 0.0295. The lowest BCUT2D eigenvalue weighted by Crippen LogP contribution is -2.43. The molecular formula is C13H21BrF3NO. The molecule has 1 rings (SSSR count). The molecular weight excluding hydrogens is 323 g/mol. The lowest BCUT2D eigenvalue weighted by atomic mass is 9.80. The summed E-state index contributed by atoms with van der Waals surface area (Å²) in [6.45, 7) is 3.87. The van der Waals surface area contributed by atoms with Crippen LogP contribution in [0.25, 0.3) is 0 Å². The van der Waals surface area contributed by atoms with Crippen LogP contribution in [0.2, 0.25) is 0 Å². The monoisotopic (exact) mass is 343 g/mol. The van der Waals surface area contributed by atoms with Gasteiger partial charge in [-0.25, -0.2) is 0 Å². The minimum Gasteiger partial charge on any atom is -0.353 e. The van der Waals surface area contributed by atoms with Gasteiger partial charge in [-0.15, -0.1) is 0 Å². The Hall–Kier alpha value is -0.260. The third-order valence-corrected chi connectivity index (χ3v) is 5.00. The highest BCUT2D eigenvalue weighted by Crippen LogP contribution is 2.39. The van der Waals surface area contributed by atoms with Crippen LogP contribution in [0.15, 0.2) is 0 Å². The van der Waals surface area contributed by atoms with Crippen molar-refractivity contribution in [3.05, 3.63) is 0 Å². The van der Waals surface area contributed by atoms with Gasteiger partial charge in [0.25, 0.3) is 0 Å². The van der Waals surface area contributed by atoms with E-state index in [4.69, 9.17) is 0 Å². The number of alkyl halides is 4. The van der Waals surface area contributed by atoms with Crippen LogP contribution >= 0.6 is 15.9 Å². The number of carbonyl (C=O) groups excluding carboxylic acids is 1. The van der Waals surface area contributed by atoms with Gasteiger partial charge in [-0.2, -0.15) is 13.2 Å². The molecule has 0 aromatic rings. The molecule has 4 unspecified atom stereocenters. The molecule has 0 aliphatic heterocycles. The average molecular weight is 344 g/mol. The maximum Gasteiger partial charge on any atom is 0.391 e. The molecule has 6 heteroatoms. The van der Waals surface area contributed by atoms with Crippen molar-refractivity contribution >= 4 is 21.8 Å². The summed E-state index contributed by atoms with van der Waals surface area (Å²) in [6.07, 6.45) is -3.04. The minimum atomic E-state index is -4.17. The molecule has 0 radical (unpaired) electrons. The zero-order valence-corrected chi connectivity index (χ0v) is 12.9. The second-order valence-electron chi connectivity index (χ2n) is 5.53. The molecule has 0 bridgehead atoms. The highest BCUT2D eigenvalue weighted by Gasteiger charge is 2.43. The Kier molecular flexibility index (Phi) is 6.15. The molecule has 1 N–H and O–H groups in total. The fourth-order valence-electron chi connectivity index (χ4n) is 2.34. The van der Waals surface area contributed by atoms with Gasteiger partial charge in [-0.1, -0.05) is 29.3 Å². The summed E-state index contributed by atoms with van der Waals surface area (Å²) >= 11 is 3.34. The Balaban J connectivity index is 2.53. The van der Waals surface area contributed by atoms with Crippen LogP contribution < -0.4 is 5.32 Å². The molecule has 112 valence electrons. The first-order valence-corrected chi connectivity index (χ1v) is 7.81. The predicted molar refractivity (Wildman–Crippen MR) is 72.1 cm³/mol. The molecule has 0 spiro atoms. The van der Waals surface area contributed by atoms with Gasteiger partial charge in [0.1, 0.15) is 0 Å². The first kappa shape index (κ1) is 16.8. The number of rotatable bonds is 4. The lowest BCUT2D eigenvalue weighted by Gasteiger charge is -2.31. The maximum absolute atomic E-state index is 12.7. The van der Waals surface area contributed by atoms with Crippen molar-refractivity contribution in [2.75, 3.05) is 5.33 Å². The van der Waals surface area contributed by atoms with Crippen molar-refractivity contribution < 1.29 is 18.0 Å². The number of nitrogens with one attached hydrogen (secondary N) is 1. The van der Waals surface area contributed by atoms with Gasteiger partial charge < -0.3 is 5.32 Å². The SMILES string of the molecule is CC(CBr)C(C)NC(=O)C1CCCC(C(F)(F)F)C1. The van der Waals surface area contributed by atoms with E-state index in [1.165, 1.54) is 0 Å². The highest BCUT2D eigenvalue weighted by atomic mass is 79.9. The van der Waals surface area contributed by atoms with E-state index >= 15 is 0 Å². The van der Waals surface area contributed by atoms with Crippen LogP contribution in [0.5, 0.6) is 0 Å². The second-order valence-corrected chi connectivity index (χ2v) is 6.18. The number of amides is 1. The molecule has 0 aromatic heterocycles. The number of hydrogen-bond acceptors (Lipinski definition) is 1. The number of hydrogen-bond donors (Lipinski definition) is 1. The van der Waals surface area contributed by atoms with Crippen molar-refractivity contribution in [2.24, 2.45) is 17.8 Å². The quantitative estimate of drug-likeness (QED) is 0.771. The zero-order valence-electron chi connectivity index (χ0n) is 11.3. The molecule has 2 nitrogen and oxygen atoms in total. The normalized spacial score (nSPS) is 27.7. The van der Waals surface area contributed by atoms with Gasteiger partial charge in [0, 0.05) is 17.3 Å². The van der Waals surface area contributed by atoms with Gasteiger partial charge >= 0.3 is 6.18 Å². The van der Waals surface area contributed by atoms with Gasteiger partial charge in [-0.3, -0.25) is 4.79 Å². The molecule has 0 heterocycles. The smallest absolute Gasteiger partial charge is 0.353 e. The molecule has 0 saturated heterocycles. The summed E-state index contributed by atoms with van der Waals surface area (Å²) in [4.78, 5) is 12.0. The Bertz CT molecular complexity index is 309. The fraction of sp³-hybridized carbons (Fsp3) is 0.923. The molecule has 1 fully saturated rings. The number of carbonyl (C=O) groups is 1. The molecule has 1 aliphatic carbocycles. The van der Waals surface area contributed by atoms with Crippen molar-refractivity contribution in [1.29, 1.82) is 0 Å². The zero-order chi connectivity index (χ0) is 14.6. The summed E-state index contributed by atoms with van der Waals surface area (Å²) < 4.78 is 38.1. The van der Waals surface area contributed by atoms with E-state index in [0.29, 0.717) is 12.8 Å². The second kappa shape index (κ2) is 6.95. The first-order chi connectivity index (χ1) is 8.75. The van der Waals surface area contributed by atoms with Gasteiger partial charge in [0.2, 0.25) is 5.91 Å². The van der Waals surface area contributed by atoms with Crippen LogP contribution in [0, 0.1) is 17.8 Å². The lowest BCUT2D eigenvalue weighted by molar-refractivity contribution is -0.186. The summed E-state index contributed by atoms with van der Waals surface area (Å²) in [7, 11) is 0. The maximum atomic E-state index is 12.7. The molecule has 1 saturated carbocycles. The van der Waals surface area contributed by atoms with E-state index in [1.807, 2.05) is 13.8 Å². The van der Waals surface area contributed by atoms with Crippen molar-refractivity contribution in [3.63, 3.8) is 0 Å². The van der Waals surface area contributed by atoms with Crippen molar-refractivity contribution in [3.8, 4) is 0 Å². The predicted octanol–water partition coefficient (Wildman–Crippen LogP) is 3.89. The Labute approximate surface area is 120 Å². The Morgan fingerprint density at radius 3 is 2.53 bits per heavy atom. The third-order valence-electron chi connectivity index (χ3n) is 3.97. The van der Waals surface area contributed by atoms with E-state index in [9.17, 15) is 18.0 Å². The van der Waals surface area contributed by atoms with Crippen molar-refractivity contribution in [1.82, 2.24) is 5.32 Å². The Morgan fingerprint density at radius 2 is 2.00 bits per heavy atom. The van der Waals surface area contributed by atoms with Crippen LogP contribution in [0.4, 0.5) is 13.2 Å². The molecule has 0 aromatic carbocycles. The van der Waals surface area contributed by atoms with Crippen LogP contribution in [-0.4, -0.2) is 23.5 Å². The van der Waals surface area contributed by atoms with Crippen LogP contribution in [0.1, 0.15) is 39.5 Å². The van der Waals surface area contributed by atoms with E-state index in [-0.39, 0.29) is 30.7 Å². The summed E-state index contributed by atoms with van der Waals surface area (Å²) in [6, 6.07) is -0.0295. The van der Waals surface area contributed by atoms with Crippen LogP contribution in [0.3, 0.4) is 0 Å². The highest BCUT2D eigenvalue weighted by molar-refractivity contribution is 9.09.